The molecule has 1 fully saturated rings. The van der Waals surface area contributed by atoms with E-state index in [0.29, 0.717) is 18.1 Å². The highest BCUT2D eigenvalue weighted by atomic mass is 16.3. The lowest BCUT2D eigenvalue weighted by atomic mass is 10.2. The van der Waals surface area contributed by atoms with Gasteiger partial charge in [-0.2, -0.15) is 4.80 Å². The van der Waals surface area contributed by atoms with Crippen molar-refractivity contribution in [2.24, 2.45) is 0 Å². The molecule has 2 aromatic heterocycles. The summed E-state index contributed by atoms with van der Waals surface area (Å²) in [5.41, 5.74) is 0. The van der Waals surface area contributed by atoms with Crippen LogP contribution in [0.2, 0.25) is 0 Å². The number of carbonyl (C=O) groups is 1. The van der Waals surface area contributed by atoms with Crippen LogP contribution in [0.25, 0.3) is 11.6 Å². The van der Waals surface area contributed by atoms with Crippen molar-refractivity contribution in [2.45, 2.75) is 25.4 Å². The van der Waals surface area contributed by atoms with Crippen molar-refractivity contribution in [1.82, 2.24) is 25.1 Å². The number of tetrazole rings is 1. The Morgan fingerprint density at radius 1 is 1.55 bits per heavy atom. The van der Waals surface area contributed by atoms with E-state index in [9.17, 15) is 9.90 Å². The zero-order valence-corrected chi connectivity index (χ0v) is 10.8. The van der Waals surface area contributed by atoms with E-state index in [1.807, 2.05) is 0 Å². The molecule has 0 aromatic carbocycles. The van der Waals surface area contributed by atoms with E-state index in [4.69, 9.17) is 4.42 Å². The summed E-state index contributed by atoms with van der Waals surface area (Å²) in [5.74, 6) is 0.756. The van der Waals surface area contributed by atoms with Crippen molar-refractivity contribution in [2.75, 3.05) is 13.2 Å². The summed E-state index contributed by atoms with van der Waals surface area (Å²) in [4.78, 5) is 15.1. The van der Waals surface area contributed by atoms with Crippen molar-refractivity contribution in [3.63, 3.8) is 0 Å². The number of carbonyl (C=O) groups excluding carboxylic acids is 1. The third-order valence-electron chi connectivity index (χ3n) is 3.38. The van der Waals surface area contributed by atoms with Crippen LogP contribution < -0.4 is 0 Å². The number of likely N-dealkylation sites (tertiary alicyclic amines) is 1. The monoisotopic (exact) mass is 277 g/mol. The summed E-state index contributed by atoms with van der Waals surface area (Å²) in [6.07, 6.45) is 3.28. The Morgan fingerprint density at radius 2 is 2.45 bits per heavy atom. The van der Waals surface area contributed by atoms with Crippen LogP contribution in [0.5, 0.6) is 0 Å². The van der Waals surface area contributed by atoms with Crippen molar-refractivity contribution < 1.29 is 14.3 Å². The SMILES string of the molecule is O=C(Cn1nnc(-c2ccco2)n1)N1CCCC1CO. The molecule has 0 aliphatic carbocycles. The molecular weight excluding hydrogens is 262 g/mol. The molecular formula is C12H15N5O3. The maximum Gasteiger partial charge on any atom is 0.246 e. The van der Waals surface area contributed by atoms with E-state index < -0.39 is 0 Å². The van der Waals surface area contributed by atoms with Crippen molar-refractivity contribution in [3.05, 3.63) is 18.4 Å². The second kappa shape index (κ2) is 5.41. The quantitative estimate of drug-likeness (QED) is 0.839. The van der Waals surface area contributed by atoms with Crippen LogP contribution in [0.4, 0.5) is 0 Å². The van der Waals surface area contributed by atoms with E-state index in [0.717, 1.165) is 12.8 Å². The van der Waals surface area contributed by atoms with Gasteiger partial charge in [0.1, 0.15) is 6.54 Å². The number of aliphatic hydroxyl groups excluding tert-OH is 1. The molecule has 3 rings (SSSR count). The maximum absolute atomic E-state index is 12.1. The van der Waals surface area contributed by atoms with Gasteiger partial charge in [0.25, 0.3) is 0 Å². The Labute approximate surface area is 115 Å². The van der Waals surface area contributed by atoms with Gasteiger partial charge in [0.2, 0.25) is 11.7 Å². The number of furan rings is 1. The third kappa shape index (κ3) is 2.42. The Bertz CT molecular complexity index is 580. The van der Waals surface area contributed by atoms with Crippen molar-refractivity contribution in [1.29, 1.82) is 0 Å². The summed E-state index contributed by atoms with van der Waals surface area (Å²) in [6, 6.07) is 3.37. The lowest BCUT2D eigenvalue weighted by Crippen LogP contribution is -2.39. The van der Waals surface area contributed by atoms with Crippen LogP contribution in [-0.2, 0) is 11.3 Å². The molecule has 1 atom stereocenters. The number of hydrogen-bond donors (Lipinski definition) is 1. The second-order valence-corrected chi connectivity index (χ2v) is 4.69. The van der Waals surface area contributed by atoms with Crippen LogP contribution >= 0.6 is 0 Å². The molecule has 1 amide bonds. The summed E-state index contributed by atoms with van der Waals surface area (Å²) in [6.45, 7) is 0.683. The van der Waals surface area contributed by atoms with Gasteiger partial charge in [-0.15, -0.1) is 10.2 Å². The summed E-state index contributed by atoms with van der Waals surface area (Å²) in [5, 5.41) is 21.0. The average molecular weight is 277 g/mol. The van der Waals surface area contributed by atoms with Crippen LogP contribution in [-0.4, -0.2) is 55.3 Å². The first-order valence-corrected chi connectivity index (χ1v) is 6.50. The average Bonchev–Trinajstić information content (AvgIpc) is 3.19. The smallest absolute Gasteiger partial charge is 0.246 e. The Balaban J connectivity index is 1.67. The van der Waals surface area contributed by atoms with Gasteiger partial charge in [-0.25, -0.2) is 0 Å². The van der Waals surface area contributed by atoms with Gasteiger partial charge < -0.3 is 14.4 Å². The Kier molecular flexibility index (Phi) is 3.46. The van der Waals surface area contributed by atoms with Gasteiger partial charge >= 0.3 is 0 Å². The number of aromatic nitrogens is 4. The van der Waals surface area contributed by atoms with Crippen molar-refractivity contribution >= 4 is 5.91 Å². The van der Waals surface area contributed by atoms with Gasteiger partial charge in [0, 0.05) is 6.54 Å². The molecule has 0 saturated carbocycles. The van der Waals surface area contributed by atoms with Crippen LogP contribution in [0, 0.1) is 0 Å². The molecule has 106 valence electrons. The summed E-state index contributed by atoms with van der Waals surface area (Å²) < 4.78 is 5.17. The zero-order chi connectivity index (χ0) is 13.9. The number of amides is 1. The Morgan fingerprint density at radius 3 is 3.20 bits per heavy atom. The van der Waals surface area contributed by atoms with E-state index in [1.165, 1.54) is 11.1 Å². The molecule has 2 aromatic rings. The van der Waals surface area contributed by atoms with E-state index in [1.54, 1.807) is 17.0 Å². The molecule has 0 radical (unpaired) electrons. The molecule has 1 aliphatic rings. The standard InChI is InChI=1S/C12H15N5O3/c18-8-9-3-1-5-16(9)11(19)7-17-14-12(13-15-17)10-4-2-6-20-10/h2,4,6,9,18H,1,3,5,7-8H2. The first-order chi connectivity index (χ1) is 9.78. The topological polar surface area (TPSA) is 97.3 Å². The van der Waals surface area contributed by atoms with Gasteiger partial charge in [0.05, 0.1) is 18.9 Å². The lowest BCUT2D eigenvalue weighted by Gasteiger charge is -2.22. The Hall–Kier alpha value is -2.22. The van der Waals surface area contributed by atoms with Gasteiger partial charge in [-0.3, -0.25) is 4.79 Å². The molecule has 20 heavy (non-hydrogen) atoms. The minimum absolute atomic E-state index is 0.00578. The second-order valence-electron chi connectivity index (χ2n) is 4.69. The lowest BCUT2D eigenvalue weighted by molar-refractivity contribution is -0.133. The van der Waals surface area contributed by atoms with E-state index in [-0.39, 0.29) is 25.1 Å². The highest BCUT2D eigenvalue weighted by Crippen LogP contribution is 2.17. The molecule has 0 spiro atoms. The maximum atomic E-state index is 12.1. The molecule has 8 heteroatoms. The zero-order valence-electron chi connectivity index (χ0n) is 10.8. The van der Waals surface area contributed by atoms with Crippen molar-refractivity contribution in [3.8, 4) is 11.6 Å². The van der Waals surface area contributed by atoms with Gasteiger partial charge in [0.15, 0.2) is 5.76 Å². The number of hydrogen-bond acceptors (Lipinski definition) is 6. The minimum atomic E-state index is -0.107. The van der Waals surface area contributed by atoms with Crippen LogP contribution in [0.3, 0.4) is 0 Å². The minimum Gasteiger partial charge on any atom is -0.461 e. The van der Waals surface area contributed by atoms with Gasteiger partial charge in [-0.1, -0.05) is 0 Å². The van der Waals surface area contributed by atoms with E-state index >= 15 is 0 Å². The van der Waals surface area contributed by atoms with E-state index in [2.05, 4.69) is 15.4 Å². The molecule has 8 nitrogen and oxygen atoms in total. The molecule has 0 bridgehead atoms. The molecule has 3 heterocycles. The highest BCUT2D eigenvalue weighted by Gasteiger charge is 2.28. The predicted octanol–water partition coefficient (Wildman–Crippen LogP) is -0.0836. The van der Waals surface area contributed by atoms with Gasteiger partial charge in [-0.05, 0) is 30.2 Å². The fraction of sp³-hybridized carbons (Fsp3) is 0.500. The summed E-state index contributed by atoms with van der Waals surface area (Å²) >= 11 is 0. The first kappa shape index (κ1) is 12.8. The molecule has 1 aliphatic heterocycles. The normalized spacial score (nSPS) is 18.6. The number of nitrogens with zero attached hydrogens (tertiary/aromatic N) is 5. The fourth-order valence-electron chi connectivity index (χ4n) is 2.38. The highest BCUT2D eigenvalue weighted by molar-refractivity contribution is 5.76. The predicted molar refractivity (Wildman–Crippen MR) is 67.3 cm³/mol. The molecule has 1 N–H and O–H groups in total. The third-order valence-corrected chi connectivity index (χ3v) is 3.38. The van der Waals surface area contributed by atoms with Crippen LogP contribution in [0.15, 0.2) is 22.8 Å². The molecule has 1 unspecified atom stereocenters. The summed E-state index contributed by atoms with van der Waals surface area (Å²) in [7, 11) is 0. The fourth-order valence-corrected chi connectivity index (χ4v) is 2.38. The molecule has 1 saturated heterocycles. The van der Waals surface area contributed by atoms with Crippen LogP contribution in [0.1, 0.15) is 12.8 Å². The number of rotatable bonds is 4. The largest absolute Gasteiger partial charge is 0.461 e. The first-order valence-electron chi connectivity index (χ1n) is 6.50. The number of aliphatic hydroxyl groups is 1.